The lowest BCUT2D eigenvalue weighted by molar-refractivity contribution is -0.146. The Morgan fingerprint density at radius 2 is 1.88 bits per heavy atom. The second kappa shape index (κ2) is 5.73. The Kier molecular flexibility index (Phi) is 3.60. The standard InChI is InChI=1S/C21H27NO3/c23-18(16-1-2-19-17(8-16)3-4-25-19)12-22-20(24)21-9-13-5-14(10-21)7-15(6-13)11-21/h1-2,8,13-15,18,23H,3-7,9-12H2,(H,22,24)/t13?,14?,15?,18-,21?/m1/s1. The molecule has 0 unspecified atom stereocenters. The van der Waals surface area contributed by atoms with Gasteiger partial charge in [0.2, 0.25) is 5.91 Å². The quantitative estimate of drug-likeness (QED) is 0.885. The third-order valence-corrected chi connectivity index (χ3v) is 7.07. The van der Waals surface area contributed by atoms with E-state index < -0.39 is 6.10 Å². The maximum atomic E-state index is 13.0. The summed E-state index contributed by atoms with van der Waals surface area (Å²) in [5, 5.41) is 13.6. The molecule has 4 nitrogen and oxygen atoms in total. The Labute approximate surface area is 149 Å². The van der Waals surface area contributed by atoms with E-state index >= 15 is 0 Å². The van der Waals surface area contributed by atoms with Crippen LogP contribution < -0.4 is 10.1 Å². The van der Waals surface area contributed by atoms with Crippen molar-refractivity contribution in [3.63, 3.8) is 0 Å². The number of hydrogen-bond acceptors (Lipinski definition) is 3. The lowest BCUT2D eigenvalue weighted by atomic mass is 9.49. The monoisotopic (exact) mass is 341 g/mol. The molecule has 5 aliphatic rings. The number of rotatable bonds is 4. The van der Waals surface area contributed by atoms with Crippen LogP contribution in [-0.2, 0) is 11.2 Å². The molecule has 6 rings (SSSR count). The zero-order valence-electron chi connectivity index (χ0n) is 14.7. The Morgan fingerprint density at radius 3 is 2.56 bits per heavy atom. The van der Waals surface area contributed by atoms with E-state index in [-0.39, 0.29) is 11.3 Å². The van der Waals surface area contributed by atoms with E-state index in [0.29, 0.717) is 6.54 Å². The smallest absolute Gasteiger partial charge is 0.226 e. The second-order valence-electron chi connectivity index (χ2n) is 8.89. The van der Waals surface area contributed by atoms with Crippen LogP contribution in [0.4, 0.5) is 0 Å². The van der Waals surface area contributed by atoms with Gasteiger partial charge in [-0.2, -0.15) is 0 Å². The molecule has 1 amide bonds. The van der Waals surface area contributed by atoms with Crippen molar-refractivity contribution >= 4 is 5.91 Å². The number of hydrogen-bond donors (Lipinski definition) is 2. The van der Waals surface area contributed by atoms with E-state index in [1.165, 1.54) is 19.3 Å². The highest BCUT2D eigenvalue weighted by molar-refractivity contribution is 5.83. The normalized spacial score (nSPS) is 36.0. The number of aliphatic hydroxyl groups excluding tert-OH is 1. The van der Waals surface area contributed by atoms with Crippen LogP contribution in [0.5, 0.6) is 5.75 Å². The van der Waals surface area contributed by atoms with Crippen molar-refractivity contribution in [2.45, 2.75) is 51.0 Å². The van der Waals surface area contributed by atoms with Gasteiger partial charge in [-0.15, -0.1) is 0 Å². The Bertz CT molecular complexity index is 663. The summed E-state index contributed by atoms with van der Waals surface area (Å²) in [5.74, 6) is 3.40. The highest BCUT2D eigenvalue weighted by atomic mass is 16.5. The number of nitrogens with one attached hydrogen (secondary N) is 1. The first-order valence-corrected chi connectivity index (χ1v) is 9.83. The fourth-order valence-corrected chi connectivity index (χ4v) is 6.30. The lowest BCUT2D eigenvalue weighted by Crippen LogP contribution is -2.54. The van der Waals surface area contributed by atoms with Crippen molar-refractivity contribution < 1.29 is 14.6 Å². The van der Waals surface area contributed by atoms with E-state index in [9.17, 15) is 9.90 Å². The summed E-state index contributed by atoms with van der Waals surface area (Å²) in [5.41, 5.74) is 1.89. The van der Waals surface area contributed by atoms with Gasteiger partial charge in [0.05, 0.1) is 12.7 Å². The molecule has 134 valence electrons. The summed E-state index contributed by atoms with van der Waals surface area (Å²) in [7, 11) is 0. The van der Waals surface area contributed by atoms with Gasteiger partial charge >= 0.3 is 0 Å². The average Bonchev–Trinajstić information content (AvgIpc) is 3.05. The average molecular weight is 341 g/mol. The first-order chi connectivity index (χ1) is 12.1. The van der Waals surface area contributed by atoms with Gasteiger partial charge in [-0.25, -0.2) is 0 Å². The maximum absolute atomic E-state index is 13.0. The summed E-state index contributed by atoms with van der Waals surface area (Å²) < 4.78 is 5.52. The lowest BCUT2D eigenvalue weighted by Gasteiger charge is -2.55. The van der Waals surface area contributed by atoms with Gasteiger partial charge in [0.15, 0.2) is 0 Å². The van der Waals surface area contributed by atoms with Gasteiger partial charge in [0, 0.05) is 18.4 Å². The minimum Gasteiger partial charge on any atom is -0.493 e. The molecule has 0 aromatic heterocycles. The van der Waals surface area contributed by atoms with Crippen molar-refractivity contribution in [2.24, 2.45) is 23.2 Å². The molecule has 1 heterocycles. The number of benzene rings is 1. The fourth-order valence-electron chi connectivity index (χ4n) is 6.30. The molecule has 4 bridgehead atoms. The topological polar surface area (TPSA) is 58.6 Å². The van der Waals surface area contributed by atoms with E-state index in [1.807, 2.05) is 18.2 Å². The fraction of sp³-hybridized carbons (Fsp3) is 0.667. The summed E-state index contributed by atoms with van der Waals surface area (Å²) in [4.78, 5) is 13.0. The molecule has 1 aromatic carbocycles. The van der Waals surface area contributed by atoms with Crippen LogP contribution in [0.3, 0.4) is 0 Å². The van der Waals surface area contributed by atoms with Gasteiger partial charge < -0.3 is 15.2 Å². The molecule has 1 atom stereocenters. The number of carbonyl (C=O) groups is 1. The minimum atomic E-state index is -0.649. The van der Waals surface area contributed by atoms with Crippen molar-refractivity contribution in [1.29, 1.82) is 0 Å². The van der Waals surface area contributed by atoms with E-state index in [2.05, 4.69) is 5.32 Å². The van der Waals surface area contributed by atoms with Crippen LogP contribution in [0.2, 0.25) is 0 Å². The van der Waals surface area contributed by atoms with Gasteiger partial charge in [-0.1, -0.05) is 6.07 Å². The van der Waals surface area contributed by atoms with Crippen LogP contribution in [0, 0.1) is 23.2 Å². The molecule has 0 spiro atoms. The van der Waals surface area contributed by atoms with Crippen molar-refractivity contribution in [1.82, 2.24) is 5.32 Å². The molecule has 2 N–H and O–H groups in total. The molecule has 1 aliphatic heterocycles. The molecule has 1 aromatic rings. The highest BCUT2D eigenvalue weighted by Crippen LogP contribution is 2.60. The molecule has 4 heteroatoms. The molecule has 4 aliphatic carbocycles. The summed E-state index contributed by atoms with van der Waals surface area (Å²) in [6.07, 6.45) is 7.47. The number of ether oxygens (including phenoxy) is 1. The molecular formula is C21H27NO3. The number of carbonyl (C=O) groups excluding carboxylic acids is 1. The summed E-state index contributed by atoms with van der Waals surface area (Å²) in [6, 6.07) is 5.86. The highest BCUT2D eigenvalue weighted by Gasteiger charge is 2.54. The van der Waals surface area contributed by atoms with Crippen molar-refractivity contribution in [3.05, 3.63) is 29.3 Å². The molecule has 0 saturated heterocycles. The number of fused-ring (bicyclic) bond motifs is 1. The van der Waals surface area contributed by atoms with Gasteiger partial charge in [-0.05, 0) is 79.5 Å². The first kappa shape index (κ1) is 15.7. The summed E-state index contributed by atoms with van der Waals surface area (Å²) >= 11 is 0. The van der Waals surface area contributed by atoms with E-state index in [0.717, 1.165) is 66.9 Å². The van der Waals surface area contributed by atoms with Crippen LogP contribution in [0.25, 0.3) is 0 Å². The van der Waals surface area contributed by atoms with Crippen LogP contribution in [0.1, 0.15) is 55.8 Å². The third-order valence-electron chi connectivity index (χ3n) is 7.07. The van der Waals surface area contributed by atoms with Gasteiger partial charge in [0.25, 0.3) is 0 Å². The Balaban J connectivity index is 1.24. The predicted octanol–water partition coefficient (Wildman–Crippen LogP) is 2.99. The number of amides is 1. The first-order valence-electron chi connectivity index (χ1n) is 9.83. The largest absolute Gasteiger partial charge is 0.493 e. The van der Waals surface area contributed by atoms with Crippen LogP contribution in [0.15, 0.2) is 18.2 Å². The van der Waals surface area contributed by atoms with Gasteiger partial charge in [-0.3, -0.25) is 4.79 Å². The predicted molar refractivity (Wildman–Crippen MR) is 94.2 cm³/mol. The van der Waals surface area contributed by atoms with E-state index in [1.54, 1.807) is 0 Å². The zero-order chi connectivity index (χ0) is 17.0. The molecular weight excluding hydrogens is 314 g/mol. The molecule has 25 heavy (non-hydrogen) atoms. The third kappa shape index (κ3) is 2.66. The molecule has 0 radical (unpaired) electrons. The summed E-state index contributed by atoms with van der Waals surface area (Å²) in [6.45, 7) is 1.03. The zero-order valence-corrected chi connectivity index (χ0v) is 14.7. The number of aliphatic hydroxyl groups is 1. The molecule has 4 fully saturated rings. The van der Waals surface area contributed by atoms with Crippen molar-refractivity contribution in [3.8, 4) is 5.75 Å². The van der Waals surface area contributed by atoms with Gasteiger partial charge in [0.1, 0.15) is 5.75 Å². The SMILES string of the molecule is O=C(NC[C@@H](O)c1ccc2c(c1)CCO2)C12CC3CC(CC(C3)C1)C2. The maximum Gasteiger partial charge on any atom is 0.226 e. The second-order valence-corrected chi connectivity index (χ2v) is 8.89. The van der Waals surface area contributed by atoms with Crippen molar-refractivity contribution in [2.75, 3.05) is 13.2 Å². The molecule has 4 saturated carbocycles. The van der Waals surface area contributed by atoms with E-state index in [4.69, 9.17) is 4.74 Å². The Hall–Kier alpha value is -1.55. The van der Waals surface area contributed by atoms with Crippen LogP contribution in [-0.4, -0.2) is 24.2 Å². The Morgan fingerprint density at radius 1 is 1.20 bits per heavy atom. The van der Waals surface area contributed by atoms with Crippen LogP contribution >= 0.6 is 0 Å². The minimum absolute atomic E-state index is 0.139.